The van der Waals surface area contributed by atoms with Gasteiger partial charge in [-0.25, -0.2) is 4.39 Å². The first-order valence-corrected chi connectivity index (χ1v) is 6.56. The summed E-state index contributed by atoms with van der Waals surface area (Å²) in [7, 11) is 0. The minimum Gasteiger partial charge on any atom is -0.339 e. The van der Waals surface area contributed by atoms with E-state index in [4.69, 9.17) is 21.9 Å². The molecule has 0 atom stereocenters. The summed E-state index contributed by atoms with van der Waals surface area (Å²) in [6, 6.07) is 4.09. The average molecular weight is 284 g/mol. The Hall–Kier alpha value is -1.46. The molecule has 1 aromatic heterocycles. The summed E-state index contributed by atoms with van der Waals surface area (Å²) in [5.41, 5.74) is 5.99. The van der Waals surface area contributed by atoms with E-state index in [2.05, 4.69) is 10.1 Å². The van der Waals surface area contributed by atoms with Crippen LogP contribution in [0.5, 0.6) is 0 Å². The molecule has 102 valence electrons. The van der Waals surface area contributed by atoms with E-state index in [9.17, 15) is 4.39 Å². The fourth-order valence-electron chi connectivity index (χ4n) is 1.73. The van der Waals surface area contributed by atoms with E-state index in [0.29, 0.717) is 30.2 Å². The zero-order valence-electron chi connectivity index (χ0n) is 10.4. The van der Waals surface area contributed by atoms with Crippen molar-refractivity contribution < 1.29 is 8.91 Å². The fourth-order valence-corrected chi connectivity index (χ4v) is 1.99. The predicted octanol–water partition coefficient (Wildman–Crippen LogP) is 3.20. The maximum atomic E-state index is 12.9. The smallest absolute Gasteiger partial charge is 0.226 e. The van der Waals surface area contributed by atoms with Gasteiger partial charge in [0.2, 0.25) is 11.7 Å². The minimum absolute atomic E-state index is 0.274. The zero-order chi connectivity index (χ0) is 13.7. The number of unbranched alkanes of at least 4 members (excludes halogenated alkanes) is 2. The minimum atomic E-state index is -0.390. The average Bonchev–Trinajstić information content (AvgIpc) is 2.83. The van der Waals surface area contributed by atoms with Crippen LogP contribution in [0, 0.1) is 5.82 Å². The van der Waals surface area contributed by atoms with Crippen molar-refractivity contribution in [1.82, 2.24) is 10.1 Å². The van der Waals surface area contributed by atoms with Crippen LogP contribution in [0.1, 0.15) is 25.2 Å². The summed E-state index contributed by atoms with van der Waals surface area (Å²) < 4.78 is 18.1. The lowest BCUT2D eigenvalue weighted by molar-refractivity contribution is 0.374. The van der Waals surface area contributed by atoms with Crippen LogP contribution >= 0.6 is 11.6 Å². The Balaban J connectivity index is 2.04. The van der Waals surface area contributed by atoms with E-state index in [0.717, 1.165) is 19.3 Å². The van der Waals surface area contributed by atoms with E-state index in [1.54, 1.807) is 6.07 Å². The van der Waals surface area contributed by atoms with Gasteiger partial charge in [0.1, 0.15) is 5.82 Å². The van der Waals surface area contributed by atoms with Crippen molar-refractivity contribution in [3.8, 4) is 11.4 Å². The van der Waals surface area contributed by atoms with Crippen LogP contribution in [0.25, 0.3) is 11.4 Å². The molecule has 2 rings (SSSR count). The third-order valence-corrected chi connectivity index (χ3v) is 3.05. The lowest BCUT2D eigenvalue weighted by atomic mass is 10.2. The molecular weight excluding hydrogens is 269 g/mol. The van der Waals surface area contributed by atoms with Crippen LogP contribution in [-0.2, 0) is 6.42 Å². The normalized spacial score (nSPS) is 10.9. The number of benzene rings is 1. The van der Waals surface area contributed by atoms with Crippen molar-refractivity contribution in [1.29, 1.82) is 0 Å². The molecule has 2 N–H and O–H groups in total. The molecule has 0 fully saturated rings. The first-order valence-electron chi connectivity index (χ1n) is 6.19. The lowest BCUT2D eigenvalue weighted by Crippen LogP contribution is -1.98. The Labute approximate surface area is 115 Å². The highest BCUT2D eigenvalue weighted by Gasteiger charge is 2.12. The molecule has 0 unspecified atom stereocenters. The Morgan fingerprint density at radius 1 is 1.26 bits per heavy atom. The number of hydrogen-bond acceptors (Lipinski definition) is 4. The summed E-state index contributed by atoms with van der Waals surface area (Å²) in [4.78, 5) is 4.25. The third kappa shape index (κ3) is 3.75. The van der Waals surface area contributed by atoms with Crippen molar-refractivity contribution in [3.05, 3.63) is 34.9 Å². The second kappa shape index (κ2) is 6.63. The fraction of sp³-hybridized carbons (Fsp3) is 0.385. The monoisotopic (exact) mass is 283 g/mol. The van der Waals surface area contributed by atoms with Crippen molar-refractivity contribution in [2.24, 2.45) is 5.73 Å². The van der Waals surface area contributed by atoms with Crippen LogP contribution in [0.3, 0.4) is 0 Å². The summed E-state index contributed by atoms with van der Waals surface area (Å²) in [6.45, 7) is 0.695. The molecule has 19 heavy (non-hydrogen) atoms. The van der Waals surface area contributed by atoms with Crippen LogP contribution in [-0.4, -0.2) is 16.7 Å². The maximum Gasteiger partial charge on any atom is 0.226 e. The van der Waals surface area contributed by atoms with Gasteiger partial charge in [0, 0.05) is 12.0 Å². The van der Waals surface area contributed by atoms with E-state index in [1.807, 2.05) is 0 Å². The van der Waals surface area contributed by atoms with Crippen LogP contribution in [0.2, 0.25) is 5.02 Å². The van der Waals surface area contributed by atoms with Gasteiger partial charge in [-0.05, 0) is 37.6 Å². The largest absolute Gasteiger partial charge is 0.339 e. The Morgan fingerprint density at radius 2 is 2.11 bits per heavy atom. The van der Waals surface area contributed by atoms with E-state index in [1.165, 1.54) is 12.1 Å². The molecule has 0 saturated carbocycles. The lowest BCUT2D eigenvalue weighted by Gasteiger charge is -1.97. The van der Waals surface area contributed by atoms with Gasteiger partial charge in [-0.15, -0.1) is 0 Å². The van der Waals surface area contributed by atoms with E-state index < -0.39 is 0 Å². The van der Waals surface area contributed by atoms with E-state index >= 15 is 0 Å². The van der Waals surface area contributed by atoms with Gasteiger partial charge in [-0.2, -0.15) is 4.98 Å². The summed E-state index contributed by atoms with van der Waals surface area (Å²) >= 11 is 5.94. The number of rotatable bonds is 6. The van der Waals surface area contributed by atoms with Gasteiger partial charge in [0.05, 0.1) is 5.02 Å². The van der Waals surface area contributed by atoms with Gasteiger partial charge in [-0.1, -0.05) is 23.2 Å². The first-order chi connectivity index (χ1) is 9.20. The molecule has 0 radical (unpaired) electrons. The van der Waals surface area contributed by atoms with Gasteiger partial charge < -0.3 is 10.3 Å². The number of halogens is 2. The molecule has 1 aromatic carbocycles. The molecule has 0 aliphatic rings. The molecule has 0 amide bonds. The Bertz CT molecular complexity index is 544. The van der Waals surface area contributed by atoms with Gasteiger partial charge >= 0.3 is 0 Å². The molecule has 4 nitrogen and oxygen atoms in total. The van der Waals surface area contributed by atoms with Crippen molar-refractivity contribution in [2.45, 2.75) is 25.7 Å². The first kappa shape index (κ1) is 14.0. The number of aromatic nitrogens is 2. The highest BCUT2D eigenvalue weighted by molar-refractivity contribution is 6.33. The molecule has 6 heteroatoms. The zero-order valence-corrected chi connectivity index (χ0v) is 11.2. The van der Waals surface area contributed by atoms with Gasteiger partial charge in [0.15, 0.2) is 0 Å². The van der Waals surface area contributed by atoms with E-state index in [-0.39, 0.29) is 10.8 Å². The molecule has 0 spiro atoms. The SMILES string of the molecule is NCCCCCc1nc(-c2ccc(F)cc2Cl)no1. The topological polar surface area (TPSA) is 64.9 Å². The van der Waals surface area contributed by atoms with Crippen LogP contribution < -0.4 is 5.73 Å². The molecule has 0 bridgehead atoms. The molecule has 0 aliphatic carbocycles. The number of hydrogen-bond donors (Lipinski definition) is 1. The van der Waals surface area contributed by atoms with Crippen LogP contribution in [0.4, 0.5) is 4.39 Å². The quantitative estimate of drug-likeness (QED) is 0.827. The number of aryl methyl sites for hydroxylation is 1. The molecular formula is C13H15ClFN3O. The summed E-state index contributed by atoms with van der Waals surface area (Å²) in [5.74, 6) is 0.561. The second-order valence-electron chi connectivity index (χ2n) is 4.24. The summed E-state index contributed by atoms with van der Waals surface area (Å²) in [6.07, 6.45) is 3.69. The highest BCUT2D eigenvalue weighted by Crippen LogP contribution is 2.26. The van der Waals surface area contributed by atoms with Crippen molar-refractivity contribution >= 4 is 11.6 Å². The molecule has 2 aromatic rings. The van der Waals surface area contributed by atoms with Crippen LogP contribution in [0.15, 0.2) is 22.7 Å². The summed E-state index contributed by atoms with van der Waals surface area (Å²) in [5, 5.41) is 4.13. The number of nitrogens with two attached hydrogens (primary N) is 1. The Morgan fingerprint density at radius 3 is 2.84 bits per heavy atom. The number of nitrogens with zero attached hydrogens (tertiary/aromatic N) is 2. The van der Waals surface area contributed by atoms with Crippen molar-refractivity contribution in [2.75, 3.05) is 6.54 Å². The van der Waals surface area contributed by atoms with Gasteiger partial charge in [-0.3, -0.25) is 0 Å². The standard InChI is InChI=1S/C13H15ClFN3O/c14-11-8-9(15)5-6-10(11)13-17-12(19-18-13)4-2-1-3-7-16/h5-6,8H,1-4,7,16H2. The van der Waals surface area contributed by atoms with Crippen molar-refractivity contribution in [3.63, 3.8) is 0 Å². The second-order valence-corrected chi connectivity index (χ2v) is 4.64. The highest BCUT2D eigenvalue weighted by atomic mass is 35.5. The third-order valence-electron chi connectivity index (χ3n) is 2.73. The van der Waals surface area contributed by atoms with Gasteiger partial charge in [0.25, 0.3) is 0 Å². The predicted molar refractivity (Wildman–Crippen MR) is 71.3 cm³/mol. The molecule has 0 aliphatic heterocycles. The maximum absolute atomic E-state index is 12.9. The Kier molecular flexibility index (Phi) is 4.87. The molecule has 0 saturated heterocycles. The molecule has 1 heterocycles.